The highest BCUT2D eigenvalue weighted by Gasteiger charge is 2.30. The monoisotopic (exact) mass is 450 g/mol. The summed E-state index contributed by atoms with van der Waals surface area (Å²) < 4.78 is 61.6. The second-order valence-corrected chi connectivity index (χ2v) is 7.92. The molecule has 10 heteroatoms. The fourth-order valence-electron chi connectivity index (χ4n) is 2.20. The van der Waals surface area contributed by atoms with Crippen LogP contribution in [-0.2, 0) is 16.2 Å². The van der Waals surface area contributed by atoms with Gasteiger partial charge in [0.15, 0.2) is 0 Å². The SMILES string of the molecule is CC(NC(=O)c1cc(S(N)(=O)=O)ccc1Br)c1cccc(C(F)(F)F)c1. The van der Waals surface area contributed by atoms with Crippen molar-refractivity contribution in [2.45, 2.75) is 24.0 Å². The van der Waals surface area contributed by atoms with Gasteiger partial charge in [0.05, 0.1) is 22.1 Å². The highest BCUT2D eigenvalue weighted by atomic mass is 79.9. The van der Waals surface area contributed by atoms with Crippen molar-refractivity contribution < 1.29 is 26.4 Å². The van der Waals surface area contributed by atoms with Crippen LogP contribution in [0.5, 0.6) is 0 Å². The summed E-state index contributed by atoms with van der Waals surface area (Å²) in [6.07, 6.45) is -4.49. The number of primary sulfonamides is 1. The van der Waals surface area contributed by atoms with Crippen molar-refractivity contribution in [2.75, 3.05) is 0 Å². The van der Waals surface area contributed by atoms with Gasteiger partial charge in [-0.2, -0.15) is 13.2 Å². The van der Waals surface area contributed by atoms with Gasteiger partial charge in [-0.3, -0.25) is 4.79 Å². The maximum absolute atomic E-state index is 12.8. The Balaban J connectivity index is 2.28. The molecule has 1 unspecified atom stereocenters. The minimum Gasteiger partial charge on any atom is -0.345 e. The van der Waals surface area contributed by atoms with E-state index in [-0.39, 0.29) is 16.0 Å². The Labute approximate surface area is 156 Å². The molecule has 26 heavy (non-hydrogen) atoms. The van der Waals surface area contributed by atoms with Gasteiger partial charge in [0.2, 0.25) is 10.0 Å². The lowest BCUT2D eigenvalue weighted by Crippen LogP contribution is -2.27. The molecule has 0 bridgehead atoms. The van der Waals surface area contributed by atoms with E-state index in [0.717, 1.165) is 18.2 Å². The first-order chi connectivity index (χ1) is 11.9. The third kappa shape index (κ3) is 4.83. The number of benzene rings is 2. The lowest BCUT2D eigenvalue weighted by Gasteiger charge is -2.17. The zero-order valence-corrected chi connectivity index (χ0v) is 15.7. The number of nitrogens with two attached hydrogens (primary N) is 1. The maximum atomic E-state index is 12.8. The number of carbonyl (C=O) groups is 1. The van der Waals surface area contributed by atoms with Crippen molar-refractivity contribution in [3.05, 3.63) is 63.6 Å². The van der Waals surface area contributed by atoms with Gasteiger partial charge in [-0.1, -0.05) is 12.1 Å². The fraction of sp³-hybridized carbons (Fsp3) is 0.188. The molecule has 0 aliphatic carbocycles. The largest absolute Gasteiger partial charge is 0.416 e. The molecule has 3 N–H and O–H groups in total. The molecule has 0 heterocycles. The molecular weight excluding hydrogens is 437 g/mol. The van der Waals surface area contributed by atoms with Crippen LogP contribution in [0.4, 0.5) is 13.2 Å². The Morgan fingerprint density at radius 3 is 2.42 bits per heavy atom. The molecule has 0 fully saturated rings. The molecule has 2 aromatic rings. The number of halogens is 4. The second kappa shape index (κ2) is 7.37. The van der Waals surface area contributed by atoms with Gasteiger partial charge in [0.25, 0.3) is 5.91 Å². The van der Waals surface area contributed by atoms with Crippen molar-refractivity contribution in [3.63, 3.8) is 0 Å². The van der Waals surface area contributed by atoms with Crippen LogP contribution in [0.2, 0.25) is 0 Å². The Morgan fingerprint density at radius 2 is 1.85 bits per heavy atom. The van der Waals surface area contributed by atoms with E-state index in [1.807, 2.05) is 0 Å². The van der Waals surface area contributed by atoms with Crippen LogP contribution in [0.3, 0.4) is 0 Å². The maximum Gasteiger partial charge on any atom is 0.416 e. The van der Waals surface area contributed by atoms with Gasteiger partial charge in [-0.25, -0.2) is 13.6 Å². The van der Waals surface area contributed by atoms with Crippen molar-refractivity contribution >= 4 is 31.9 Å². The molecule has 0 aliphatic rings. The standard InChI is InChI=1S/C16H14BrF3N2O3S/c1-9(10-3-2-4-11(7-10)16(18,19)20)22-15(23)13-8-12(26(21,24)25)5-6-14(13)17/h2-9H,1H3,(H,22,23)(H2,21,24,25). The van der Waals surface area contributed by atoms with E-state index in [4.69, 9.17) is 5.14 Å². The van der Waals surface area contributed by atoms with Gasteiger partial charge in [-0.15, -0.1) is 0 Å². The highest BCUT2D eigenvalue weighted by Crippen LogP contribution is 2.31. The zero-order chi connectivity index (χ0) is 19.7. The van der Waals surface area contributed by atoms with Gasteiger partial charge in [0.1, 0.15) is 0 Å². The zero-order valence-electron chi connectivity index (χ0n) is 13.3. The average molecular weight is 451 g/mol. The average Bonchev–Trinajstić information content (AvgIpc) is 2.53. The van der Waals surface area contributed by atoms with Crippen molar-refractivity contribution in [3.8, 4) is 0 Å². The molecular formula is C16H14BrF3N2O3S. The third-order valence-corrected chi connectivity index (χ3v) is 5.18. The summed E-state index contributed by atoms with van der Waals surface area (Å²) in [5, 5.41) is 7.58. The topological polar surface area (TPSA) is 89.3 Å². The van der Waals surface area contributed by atoms with E-state index in [0.29, 0.717) is 4.47 Å². The summed E-state index contributed by atoms with van der Waals surface area (Å²) in [5.74, 6) is -0.660. The van der Waals surface area contributed by atoms with Gasteiger partial charge >= 0.3 is 6.18 Å². The predicted octanol–water partition coefficient (Wildman–Crippen LogP) is 3.61. The second-order valence-electron chi connectivity index (χ2n) is 5.51. The van der Waals surface area contributed by atoms with E-state index in [1.165, 1.54) is 31.2 Å². The molecule has 1 atom stereocenters. The van der Waals surface area contributed by atoms with Crippen LogP contribution < -0.4 is 10.5 Å². The Kier molecular flexibility index (Phi) is 5.79. The first kappa shape index (κ1) is 20.4. The molecule has 0 aromatic heterocycles. The van der Waals surface area contributed by atoms with Crippen molar-refractivity contribution in [2.24, 2.45) is 5.14 Å². The number of rotatable bonds is 4. The normalized spacial score (nSPS) is 13.3. The molecule has 0 spiro atoms. The number of carbonyl (C=O) groups excluding carboxylic acids is 1. The van der Waals surface area contributed by atoms with E-state index >= 15 is 0 Å². The van der Waals surface area contributed by atoms with Crippen molar-refractivity contribution in [1.29, 1.82) is 0 Å². The Bertz CT molecular complexity index is 946. The van der Waals surface area contributed by atoms with Crippen LogP contribution in [0.15, 0.2) is 51.8 Å². The van der Waals surface area contributed by atoms with E-state index in [2.05, 4.69) is 21.2 Å². The van der Waals surface area contributed by atoms with Crippen LogP contribution in [-0.4, -0.2) is 14.3 Å². The number of sulfonamides is 1. The minimum absolute atomic E-state index is 0.00430. The summed E-state index contributed by atoms with van der Waals surface area (Å²) in [6.45, 7) is 1.52. The molecule has 2 rings (SSSR count). The molecule has 0 radical (unpaired) electrons. The Hall–Kier alpha value is -1.91. The third-order valence-electron chi connectivity index (χ3n) is 3.57. The Morgan fingerprint density at radius 1 is 1.19 bits per heavy atom. The summed E-state index contributed by atoms with van der Waals surface area (Å²) in [6, 6.07) is 7.51. The molecule has 1 amide bonds. The van der Waals surface area contributed by atoms with E-state index < -0.39 is 33.7 Å². The fourth-order valence-corrected chi connectivity index (χ4v) is 3.16. The molecule has 2 aromatic carbocycles. The van der Waals surface area contributed by atoms with Gasteiger partial charge in [0, 0.05) is 4.47 Å². The van der Waals surface area contributed by atoms with E-state index in [9.17, 15) is 26.4 Å². The van der Waals surface area contributed by atoms with Crippen LogP contribution >= 0.6 is 15.9 Å². The summed E-state index contributed by atoms with van der Waals surface area (Å²) in [5.41, 5.74) is -0.573. The molecule has 0 saturated heterocycles. The van der Waals surface area contributed by atoms with Gasteiger partial charge in [-0.05, 0) is 58.7 Å². The highest BCUT2D eigenvalue weighted by molar-refractivity contribution is 9.10. The number of hydrogen-bond donors (Lipinski definition) is 2. The molecule has 5 nitrogen and oxygen atoms in total. The predicted molar refractivity (Wildman–Crippen MR) is 92.8 cm³/mol. The number of alkyl halides is 3. The van der Waals surface area contributed by atoms with Crippen LogP contribution in [0.1, 0.15) is 34.5 Å². The number of nitrogens with one attached hydrogen (secondary N) is 1. The van der Waals surface area contributed by atoms with E-state index in [1.54, 1.807) is 0 Å². The molecule has 140 valence electrons. The van der Waals surface area contributed by atoms with Crippen molar-refractivity contribution in [1.82, 2.24) is 5.32 Å². The lowest BCUT2D eigenvalue weighted by molar-refractivity contribution is -0.137. The number of amides is 1. The first-order valence-corrected chi connectivity index (χ1v) is 9.54. The number of hydrogen-bond acceptors (Lipinski definition) is 3. The van der Waals surface area contributed by atoms with Gasteiger partial charge < -0.3 is 5.32 Å². The lowest BCUT2D eigenvalue weighted by atomic mass is 10.0. The smallest absolute Gasteiger partial charge is 0.345 e. The summed E-state index contributed by atoms with van der Waals surface area (Å²) in [4.78, 5) is 12.2. The summed E-state index contributed by atoms with van der Waals surface area (Å²) in [7, 11) is -4.00. The molecule has 0 saturated carbocycles. The quantitative estimate of drug-likeness (QED) is 0.745. The van der Waals surface area contributed by atoms with Crippen LogP contribution in [0.25, 0.3) is 0 Å². The summed E-state index contributed by atoms with van der Waals surface area (Å²) >= 11 is 3.14. The molecule has 0 aliphatic heterocycles. The first-order valence-electron chi connectivity index (χ1n) is 7.20. The van der Waals surface area contributed by atoms with Crippen LogP contribution in [0, 0.1) is 0 Å². The minimum atomic E-state index is -4.49.